The van der Waals surface area contributed by atoms with Crippen LogP contribution in [0.25, 0.3) is 39.0 Å². The van der Waals surface area contributed by atoms with Gasteiger partial charge in [0.25, 0.3) is 0 Å². The number of nitrogens with zero attached hydrogens (tertiary/aromatic N) is 2. The molecule has 34 heavy (non-hydrogen) atoms. The third-order valence-electron chi connectivity index (χ3n) is 5.95. The number of allylic oxidation sites excluding steroid dienone is 2. The Morgan fingerprint density at radius 2 is 2.06 bits per heavy atom. The molecule has 3 N–H and O–H groups in total. The lowest BCUT2D eigenvalue weighted by molar-refractivity contribution is 0.566. The maximum atomic E-state index is 5.31. The van der Waals surface area contributed by atoms with Gasteiger partial charge in [0.05, 0.1) is 23.7 Å². The summed E-state index contributed by atoms with van der Waals surface area (Å²) in [6.45, 7) is 9.78. The van der Waals surface area contributed by atoms with Crippen molar-refractivity contribution in [2.24, 2.45) is 0 Å². The van der Waals surface area contributed by atoms with Crippen molar-refractivity contribution in [1.82, 2.24) is 25.5 Å². The van der Waals surface area contributed by atoms with Crippen molar-refractivity contribution in [1.29, 1.82) is 0 Å². The molecular formula is C28H27N5O. The van der Waals surface area contributed by atoms with Crippen LogP contribution < -0.4 is 5.32 Å². The summed E-state index contributed by atoms with van der Waals surface area (Å²) < 4.78 is 5.31. The molecule has 0 saturated carbocycles. The molecule has 6 heteroatoms. The van der Waals surface area contributed by atoms with Crippen molar-refractivity contribution in [3.05, 3.63) is 102 Å². The summed E-state index contributed by atoms with van der Waals surface area (Å²) in [5.41, 5.74) is 10.4. The van der Waals surface area contributed by atoms with Gasteiger partial charge < -0.3 is 14.7 Å². The number of hydrogen-bond donors (Lipinski definition) is 3. The van der Waals surface area contributed by atoms with Crippen LogP contribution in [0.5, 0.6) is 0 Å². The lowest BCUT2D eigenvalue weighted by atomic mass is 9.99. The maximum Gasteiger partial charge on any atom is 0.116 e. The Kier molecular flexibility index (Phi) is 5.97. The number of pyridine rings is 1. The first-order valence-corrected chi connectivity index (χ1v) is 11.4. The van der Waals surface area contributed by atoms with Crippen molar-refractivity contribution in [3.8, 4) is 22.5 Å². The quantitative estimate of drug-likeness (QED) is 0.245. The number of aryl methyl sites for hydroxylation is 1. The van der Waals surface area contributed by atoms with Gasteiger partial charge in [0.15, 0.2) is 0 Å². The van der Waals surface area contributed by atoms with E-state index in [0.29, 0.717) is 0 Å². The van der Waals surface area contributed by atoms with Crippen LogP contribution in [0.15, 0.2) is 84.5 Å². The Balaban J connectivity index is 1.55. The number of rotatable bonds is 8. The van der Waals surface area contributed by atoms with Gasteiger partial charge in [-0.15, -0.1) is 0 Å². The molecule has 0 fully saturated rings. The highest BCUT2D eigenvalue weighted by Gasteiger charge is 2.17. The molecule has 0 atom stereocenters. The molecule has 5 rings (SSSR count). The first kappa shape index (κ1) is 21.7. The predicted octanol–water partition coefficient (Wildman–Crippen LogP) is 6.25. The van der Waals surface area contributed by atoms with E-state index in [1.807, 2.05) is 24.5 Å². The van der Waals surface area contributed by atoms with E-state index in [1.54, 1.807) is 18.6 Å². The fourth-order valence-electron chi connectivity index (χ4n) is 4.25. The number of aromatic nitrogens is 4. The lowest BCUT2D eigenvalue weighted by Crippen LogP contribution is -2.11. The van der Waals surface area contributed by atoms with Gasteiger partial charge in [-0.25, -0.2) is 0 Å². The maximum absolute atomic E-state index is 5.31. The molecule has 0 aliphatic carbocycles. The number of aromatic amines is 2. The van der Waals surface area contributed by atoms with Crippen LogP contribution in [0, 0.1) is 6.92 Å². The topological polar surface area (TPSA) is 82.5 Å². The summed E-state index contributed by atoms with van der Waals surface area (Å²) >= 11 is 0. The van der Waals surface area contributed by atoms with Gasteiger partial charge in [-0.3, -0.25) is 10.1 Å². The van der Waals surface area contributed by atoms with Gasteiger partial charge in [-0.05, 0) is 60.5 Å². The zero-order valence-corrected chi connectivity index (χ0v) is 19.4. The molecule has 0 aliphatic heterocycles. The van der Waals surface area contributed by atoms with Crippen LogP contribution in [0.3, 0.4) is 0 Å². The molecule has 5 aromatic rings. The van der Waals surface area contributed by atoms with Crippen LogP contribution >= 0.6 is 0 Å². The highest BCUT2D eigenvalue weighted by molar-refractivity contribution is 5.96. The molecule has 1 aromatic carbocycles. The van der Waals surface area contributed by atoms with E-state index in [0.717, 1.165) is 74.5 Å². The molecule has 4 aromatic heterocycles. The van der Waals surface area contributed by atoms with Gasteiger partial charge in [-0.2, -0.15) is 5.10 Å². The van der Waals surface area contributed by atoms with Crippen LogP contribution in [-0.2, 0) is 6.54 Å². The molecule has 0 bridgehead atoms. The SMILES string of the molecule is C=C/C=C(/c1ccoc1)c1cc(-c2n[nH]c3ccc(-c4cncc(CNCC)c4)cc23)[nH]c1C. The first-order valence-electron chi connectivity index (χ1n) is 11.4. The highest BCUT2D eigenvalue weighted by atomic mass is 16.3. The second-order valence-electron chi connectivity index (χ2n) is 8.24. The molecule has 0 amide bonds. The fourth-order valence-corrected chi connectivity index (χ4v) is 4.25. The summed E-state index contributed by atoms with van der Waals surface area (Å²) in [6.07, 6.45) is 11.0. The average Bonchev–Trinajstić information content (AvgIpc) is 3.61. The Morgan fingerprint density at radius 1 is 1.15 bits per heavy atom. The normalized spacial score (nSPS) is 11.9. The smallest absolute Gasteiger partial charge is 0.116 e. The minimum Gasteiger partial charge on any atom is -0.472 e. The largest absolute Gasteiger partial charge is 0.472 e. The van der Waals surface area contributed by atoms with E-state index >= 15 is 0 Å². The third kappa shape index (κ3) is 4.11. The zero-order valence-electron chi connectivity index (χ0n) is 19.4. The van der Waals surface area contributed by atoms with Gasteiger partial charge in [0.2, 0.25) is 0 Å². The average molecular weight is 450 g/mol. The lowest BCUT2D eigenvalue weighted by Gasteiger charge is -2.06. The Hall–Kier alpha value is -4.16. The number of H-pyrrole nitrogens is 2. The second-order valence-corrected chi connectivity index (χ2v) is 8.24. The van der Waals surface area contributed by atoms with E-state index < -0.39 is 0 Å². The summed E-state index contributed by atoms with van der Waals surface area (Å²) in [7, 11) is 0. The minimum atomic E-state index is 0.804. The van der Waals surface area contributed by atoms with Crippen molar-refractivity contribution in [3.63, 3.8) is 0 Å². The molecular weight excluding hydrogens is 422 g/mol. The minimum absolute atomic E-state index is 0.804. The fraction of sp³-hybridized carbons (Fsp3) is 0.143. The van der Waals surface area contributed by atoms with Crippen LogP contribution in [0.2, 0.25) is 0 Å². The van der Waals surface area contributed by atoms with E-state index in [1.165, 1.54) is 0 Å². The number of fused-ring (bicyclic) bond motifs is 1. The van der Waals surface area contributed by atoms with Crippen LogP contribution in [0.4, 0.5) is 0 Å². The van der Waals surface area contributed by atoms with Crippen molar-refractivity contribution in [2.75, 3.05) is 6.54 Å². The molecule has 0 radical (unpaired) electrons. The van der Waals surface area contributed by atoms with Gasteiger partial charge in [0, 0.05) is 46.7 Å². The highest BCUT2D eigenvalue weighted by Crippen LogP contribution is 2.34. The summed E-state index contributed by atoms with van der Waals surface area (Å²) in [5, 5.41) is 12.2. The van der Waals surface area contributed by atoms with Crippen molar-refractivity contribution in [2.45, 2.75) is 20.4 Å². The number of nitrogens with one attached hydrogen (secondary N) is 3. The van der Waals surface area contributed by atoms with Gasteiger partial charge in [-0.1, -0.05) is 31.7 Å². The second kappa shape index (κ2) is 9.37. The first-order chi connectivity index (χ1) is 16.7. The number of hydrogen-bond acceptors (Lipinski definition) is 4. The Labute approximate surface area is 198 Å². The number of benzene rings is 1. The third-order valence-corrected chi connectivity index (χ3v) is 5.95. The van der Waals surface area contributed by atoms with Crippen molar-refractivity contribution < 1.29 is 4.42 Å². The van der Waals surface area contributed by atoms with Gasteiger partial charge in [0.1, 0.15) is 5.69 Å². The Bertz CT molecular complexity index is 1470. The Morgan fingerprint density at radius 3 is 2.85 bits per heavy atom. The number of furan rings is 1. The molecule has 0 aliphatic rings. The van der Waals surface area contributed by atoms with E-state index in [2.05, 4.69) is 76.2 Å². The molecule has 0 spiro atoms. The molecule has 0 saturated heterocycles. The van der Waals surface area contributed by atoms with E-state index in [-0.39, 0.29) is 0 Å². The van der Waals surface area contributed by atoms with Crippen LogP contribution in [0.1, 0.15) is 29.3 Å². The van der Waals surface area contributed by atoms with E-state index in [9.17, 15) is 0 Å². The molecule has 170 valence electrons. The standard InChI is InChI=1S/C28H27N5O/c1-4-6-23(21-9-10-34-17-21)24-13-27(31-18(24)3)28-25-12-20(7-8-26(25)32-33-28)22-11-19(14-29-5-2)15-30-16-22/h4,6-13,15-17,29,31H,1,5,14H2,2-3H3,(H,32,33)/b23-6-. The zero-order chi connectivity index (χ0) is 23.5. The molecule has 0 unspecified atom stereocenters. The van der Waals surface area contributed by atoms with Crippen LogP contribution in [-0.4, -0.2) is 26.7 Å². The summed E-state index contributed by atoms with van der Waals surface area (Å²) in [5.74, 6) is 0. The van der Waals surface area contributed by atoms with E-state index in [4.69, 9.17) is 4.42 Å². The van der Waals surface area contributed by atoms with Crippen molar-refractivity contribution >= 4 is 16.5 Å². The van der Waals surface area contributed by atoms with Gasteiger partial charge >= 0.3 is 0 Å². The molecule has 4 heterocycles. The monoisotopic (exact) mass is 449 g/mol. The summed E-state index contributed by atoms with van der Waals surface area (Å²) in [6, 6.07) is 12.6. The molecule has 6 nitrogen and oxygen atoms in total. The predicted molar refractivity (Wildman–Crippen MR) is 137 cm³/mol. The summed E-state index contributed by atoms with van der Waals surface area (Å²) in [4.78, 5) is 7.97.